The second-order valence-electron chi connectivity index (χ2n) is 8.21. The second kappa shape index (κ2) is 9.17. The third-order valence-corrected chi connectivity index (χ3v) is 5.48. The van der Waals surface area contributed by atoms with E-state index in [0.29, 0.717) is 22.6 Å². The fraction of sp³-hybridized carbons (Fsp3) is 0.143. The lowest BCUT2D eigenvalue weighted by molar-refractivity contribution is -0.111. The molecule has 33 heavy (non-hydrogen) atoms. The summed E-state index contributed by atoms with van der Waals surface area (Å²) >= 11 is 0. The highest BCUT2D eigenvalue weighted by molar-refractivity contribution is 6.01. The van der Waals surface area contributed by atoms with Gasteiger partial charge in [-0.2, -0.15) is 0 Å². The number of fused-ring (bicyclic) bond motifs is 1. The number of benzene rings is 3. The fourth-order valence-corrected chi connectivity index (χ4v) is 3.74. The largest absolute Gasteiger partial charge is 0.457 e. The van der Waals surface area contributed by atoms with Crippen LogP contribution in [-0.2, 0) is 4.79 Å². The third-order valence-electron chi connectivity index (χ3n) is 5.48. The van der Waals surface area contributed by atoms with Crippen LogP contribution in [0.2, 0.25) is 0 Å². The summed E-state index contributed by atoms with van der Waals surface area (Å²) in [5.41, 5.74) is 3.32. The normalized spacial score (nSPS) is 10.9. The quantitative estimate of drug-likeness (QED) is 0.351. The molecule has 0 fully saturated rings. The molecule has 4 rings (SSSR count). The lowest BCUT2D eigenvalue weighted by Crippen LogP contribution is -2.22. The number of pyridine rings is 1. The van der Waals surface area contributed by atoms with Crippen LogP contribution in [0.5, 0.6) is 11.5 Å². The number of anilines is 1. The first kappa shape index (κ1) is 22.1. The molecule has 166 valence electrons. The maximum absolute atomic E-state index is 13.1. The summed E-state index contributed by atoms with van der Waals surface area (Å²) < 4.78 is 7.99. The lowest BCUT2D eigenvalue weighted by atomic mass is 9.98. The zero-order chi connectivity index (χ0) is 23.5. The van der Waals surface area contributed by atoms with E-state index in [0.717, 1.165) is 22.1 Å². The molecule has 5 nitrogen and oxygen atoms in total. The molecule has 0 spiro atoms. The number of aryl methyl sites for hydroxylation is 1. The first-order chi connectivity index (χ1) is 15.9. The topological polar surface area (TPSA) is 60.3 Å². The van der Waals surface area contributed by atoms with Crippen molar-refractivity contribution in [2.24, 2.45) is 0 Å². The summed E-state index contributed by atoms with van der Waals surface area (Å²) in [6.07, 6.45) is 3.09. The van der Waals surface area contributed by atoms with Crippen LogP contribution in [0.25, 0.3) is 21.9 Å². The Morgan fingerprint density at radius 1 is 1.00 bits per heavy atom. The molecule has 3 aromatic carbocycles. The number of rotatable bonds is 6. The van der Waals surface area contributed by atoms with Crippen LogP contribution in [0.1, 0.15) is 25.5 Å². The summed E-state index contributed by atoms with van der Waals surface area (Å²) in [7, 11) is 0. The number of aromatic nitrogens is 1. The van der Waals surface area contributed by atoms with Crippen LogP contribution in [-0.4, -0.2) is 10.5 Å². The van der Waals surface area contributed by atoms with E-state index in [1.54, 1.807) is 10.6 Å². The van der Waals surface area contributed by atoms with E-state index in [2.05, 4.69) is 11.9 Å². The van der Waals surface area contributed by atoms with Gasteiger partial charge < -0.3 is 14.6 Å². The predicted molar refractivity (Wildman–Crippen MR) is 134 cm³/mol. The Bertz CT molecular complexity index is 1400. The molecule has 0 aliphatic heterocycles. The maximum atomic E-state index is 13.1. The van der Waals surface area contributed by atoms with Crippen molar-refractivity contribution >= 4 is 22.4 Å². The zero-order valence-electron chi connectivity index (χ0n) is 19.0. The van der Waals surface area contributed by atoms with Gasteiger partial charge in [0.25, 0.3) is 5.56 Å². The molecule has 0 radical (unpaired) electrons. The molecule has 0 aliphatic carbocycles. The third kappa shape index (κ3) is 4.58. The van der Waals surface area contributed by atoms with E-state index in [9.17, 15) is 9.59 Å². The fourth-order valence-electron chi connectivity index (χ4n) is 3.74. The molecule has 5 heteroatoms. The summed E-state index contributed by atoms with van der Waals surface area (Å²) in [5.74, 6) is 1.02. The first-order valence-electron chi connectivity index (χ1n) is 10.8. The molecule has 1 aromatic heterocycles. The van der Waals surface area contributed by atoms with Gasteiger partial charge in [0.05, 0.1) is 0 Å². The number of amides is 1. The van der Waals surface area contributed by atoms with E-state index in [-0.39, 0.29) is 17.5 Å². The molecule has 0 bridgehead atoms. The van der Waals surface area contributed by atoms with Crippen molar-refractivity contribution in [1.82, 2.24) is 4.57 Å². The Balaban J connectivity index is 1.96. The van der Waals surface area contributed by atoms with Crippen molar-refractivity contribution in [2.75, 3.05) is 5.32 Å². The highest BCUT2D eigenvalue weighted by Crippen LogP contribution is 2.38. The zero-order valence-corrected chi connectivity index (χ0v) is 19.0. The number of nitrogens with one attached hydrogen (secondary N) is 1. The van der Waals surface area contributed by atoms with Crippen molar-refractivity contribution in [3.8, 4) is 22.6 Å². The number of hydrogen-bond donors (Lipinski definition) is 1. The monoisotopic (exact) mass is 438 g/mol. The molecular formula is C28H26N2O3. The lowest BCUT2D eigenvalue weighted by Gasteiger charge is -2.18. The Morgan fingerprint density at radius 3 is 2.36 bits per heavy atom. The minimum absolute atomic E-state index is 0.0222. The van der Waals surface area contributed by atoms with E-state index in [1.165, 1.54) is 6.08 Å². The molecule has 0 saturated carbocycles. The van der Waals surface area contributed by atoms with E-state index in [1.807, 2.05) is 87.6 Å². The van der Waals surface area contributed by atoms with Gasteiger partial charge in [-0.05, 0) is 68.6 Å². The smallest absolute Gasteiger partial charge is 0.258 e. The summed E-state index contributed by atoms with van der Waals surface area (Å²) in [6.45, 7) is 9.50. The molecule has 1 heterocycles. The van der Waals surface area contributed by atoms with Crippen LogP contribution in [0, 0.1) is 6.92 Å². The summed E-state index contributed by atoms with van der Waals surface area (Å²) in [6, 6.07) is 20.8. The second-order valence-corrected chi connectivity index (χ2v) is 8.21. The minimum atomic E-state index is -0.301. The van der Waals surface area contributed by atoms with Crippen molar-refractivity contribution in [3.63, 3.8) is 0 Å². The Labute approximate surface area is 193 Å². The highest BCUT2D eigenvalue weighted by Gasteiger charge is 2.17. The molecule has 0 atom stereocenters. The van der Waals surface area contributed by atoms with Gasteiger partial charge in [0.2, 0.25) is 5.91 Å². The van der Waals surface area contributed by atoms with Gasteiger partial charge in [0, 0.05) is 34.4 Å². The summed E-state index contributed by atoms with van der Waals surface area (Å²) in [5, 5.41) is 4.27. The molecule has 4 aromatic rings. The van der Waals surface area contributed by atoms with Crippen LogP contribution >= 0.6 is 0 Å². The first-order valence-corrected chi connectivity index (χ1v) is 10.8. The van der Waals surface area contributed by atoms with E-state index < -0.39 is 0 Å². The van der Waals surface area contributed by atoms with Gasteiger partial charge in [0.15, 0.2) is 0 Å². The molecule has 0 saturated heterocycles. The van der Waals surface area contributed by atoms with Gasteiger partial charge >= 0.3 is 0 Å². The predicted octanol–water partition coefficient (Wildman–Crippen LogP) is 6.47. The number of carbonyl (C=O) groups is 1. The van der Waals surface area contributed by atoms with Crippen molar-refractivity contribution in [3.05, 3.63) is 101 Å². The van der Waals surface area contributed by atoms with Gasteiger partial charge in [0.1, 0.15) is 11.5 Å². The average molecular weight is 439 g/mol. The number of ether oxygens (including phenoxy) is 1. The maximum Gasteiger partial charge on any atom is 0.258 e. The van der Waals surface area contributed by atoms with Crippen LogP contribution in [0.15, 0.2) is 90.4 Å². The van der Waals surface area contributed by atoms with Crippen molar-refractivity contribution < 1.29 is 9.53 Å². The summed E-state index contributed by atoms with van der Waals surface area (Å²) in [4.78, 5) is 25.0. The molecule has 0 unspecified atom stereocenters. The Hall–Kier alpha value is -4.12. The molecule has 1 amide bonds. The standard InChI is InChI=1S/C28H26N2O3/c1-5-27(31)29-20-12-15-26(33-21-13-10-19(4)11-14-21)24(16-20)25-17-30(18(2)3)28(32)23-9-7-6-8-22(23)25/h5-18H,1H2,2-4H3,(H,29,31). The van der Waals surface area contributed by atoms with Gasteiger partial charge in [-0.15, -0.1) is 0 Å². The van der Waals surface area contributed by atoms with Crippen LogP contribution < -0.4 is 15.6 Å². The Morgan fingerprint density at radius 2 is 1.70 bits per heavy atom. The van der Waals surface area contributed by atoms with Crippen molar-refractivity contribution in [1.29, 1.82) is 0 Å². The molecular weight excluding hydrogens is 412 g/mol. The highest BCUT2D eigenvalue weighted by atomic mass is 16.5. The van der Waals surface area contributed by atoms with Crippen LogP contribution in [0.4, 0.5) is 5.69 Å². The van der Waals surface area contributed by atoms with Gasteiger partial charge in [-0.25, -0.2) is 0 Å². The van der Waals surface area contributed by atoms with Crippen molar-refractivity contribution in [2.45, 2.75) is 26.8 Å². The van der Waals surface area contributed by atoms with Gasteiger partial charge in [-0.1, -0.05) is 42.5 Å². The number of carbonyl (C=O) groups excluding carboxylic acids is 1. The molecule has 0 aliphatic rings. The minimum Gasteiger partial charge on any atom is -0.457 e. The number of nitrogens with zero attached hydrogens (tertiary/aromatic N) is 1. The van der Waals surface area contributed by atoms with E-state index >= 15 is 0 Å². The van der Waals surface area contributed by atoms with Gasteiger partial charge in [-0.3, -0.25) is 9.59 Å². The Kier molecular flexibility index (Phi) is 6.13. The molecule has 1 N–H and O–H groups in total. The SMILES string of the molecule is C=CC(=O)Nc1ccc(Oc2ccc(C)cc2)c(-c2cn(C(C)C)c(=O)c3ccccc23)c1. The van der Waals surface area contributed by atoms with Crippen LogP contribution in [0.3, 0.4) is 0 Å². The number of hydrogen-bond acceptors (Lipinski definition) is 3. The van der Waals surface area contributed by atoms with E-state index in [4.69, 9.17) is 4.74 Å². The average Bonchev–Trinajstić information content (AvgIpc) is 2.81.